The van der Waals surface area contributed by atoms with Crippen LogP contribution in [0.3, 0.4) is 0 Å². The molecular weight excluding hydrogens is 162 g/mol. The molecule has 0 aromatic carbocycles. The molecule has 0 aliphatic heterocycles. The largest absolute Gasteiger partial charge is 0.331 e. The summed E-state index contributed by atoms with van der Waals surface area (Å²) in [5.41, 5.74) is 0. The molecule has 0 saturated carbocycles. The Hall–Kier alpha value is -0.830. The third kappa shape index (κ3) is 4.08. The van der Waals surface area contributed by atoms with Gasteiger partial charge in [-0.25, -0.2) is 9.13 Å². The summed E-state index contributed by atoms with van der Waals surface area (Å²) in [4.78, 5) is 0. The van der Waals surface area contributed by atoms with E-state index in [0.29, 0.717) is 0 Å². The Bertz CT molecular complexity index is 257. The highest BCUT2D eigenvalue weighted by Crippen LogP contribution is 1.96. The molecule has 0 N–H and O–H groups in total. The fraction of sp³-hybridized carbons (Fsp3) is 0.700. The Balaban J connectivity index is 2.28. The molecule has 13 heavy (non-hydrogen) atoms. The van der Waals surface area contributed by atoms with Crippen molar-refractivity contribution in [2.24, 2.45) is 7.05 Å². The van der Waals surface area contributed by atoms with Crippen molar-refractivity contribution in [2.45, 2.75) is 13.0 Å². The second kappa shape index (κ2) is 3.92. The van der Waals surface area contributed by atoms with E-state index in [2.05, 4.69) is 56.0 Å². The van der Waals surface area contributed by atoms with E-state index in [9.17, 15) is 0 Å². The summed E-state index contributed by atoms with van der Waals surface area (Å²) in [6, 6.07) is 0. The summed E-state index contributed by atoms with van der Waals surface area (Å²) < 4.78 is 5.36. The average Bonchev–Trinajstić information content (AvgIpc) is 2.33. The van der Waals surface area contributed by atoms with Crippen LogP contribution in [0.1, 0.15) is 6.42 Å². The smallest absolute Gasteiger partial charge is 0.243 e. The zero-order valence-electron chi connectivity index (χ0n) is 9.20. The van der Waals surface area contributed by atoms with Crippen molar-refractivity contribution in [1.82, 2.24) is 4.57 Å². The minimum atomic E-state index is 1.05. The van der Waals surface area contributed by atoms with E-state index in [0.717, 1.165) is 11.0 Å². The third-order valence-corrected chi connectivity index (χ3v) is 2.07. The second-order valence-corrected chi connectivity index (χ2v) is 4.68. The molecule has 0 saturated heterocycles. The molecule has 1 rings (SSSR count). The molecule has 0 atom stereocenters. The second-order valence-electron chi connectivity index (χ2n) is 4.68. The quantitative estimate of drug-likeness (QED) is 0.472. The summed E-state index contributed by atoms with van der Waals surface area (Å²) in [6.45, 7) is 2.35. The molecule has 0 spiro atoms. The summed E-state index contributed by atoms with van der Waals surface area (Å²) in [5, 5.41) is 0. The first-order valence-corrected chi connectivity index (χ1v) is 4.79. The normalized spacial score (nSPS) is 12.0. The Morgan fingerprint density at radius 2 is 2.00 bits per heavy atom. The molecule has 1 aromatic heterocycles. The molecule has 1 heterocycles. The van der Waals surface area contributed by atoms with Crippen LogP contribution >= 0.6 is 0 Å². The van der Waals surface area contributed by atoms with Crippen molar-refractivity contribution in [3.8, 4) is 0 Å². The van der Waals surface area contributed by atoms with Gasteiger partial charge in [-0.15, -0.1) is 0 Å². The lowest BCUT2D eigenvalue weighted by atomic mass is 10.3. The minimum Gasteiger partial charge on any atom is -0.331 e. The number of nitrogens with zero attached hydrogens (tertiary/aromatic N) is 3. The van der Waals surface area contributed by atoms with Gasteiger partial charge in [0.15, 0.2) is 0 Å². The minimum absolute atomic E-state index is 1.05. The lowest BCUT2D eigenvalue weighted by Crippen LogP contribution is -2.35. The monoisotopic (exact) mass is 183 g/mol. The van der Waals surface area contributed by atoms with Crippen LogP contribution in [0.4, 0.5) is 0 Å². The average molecular weight is 183 g/mol. The zero-order chi connectivity index (χ0) is 9.90. The maximum Gasteiger partial charge on any atom is 0.243 e. The van der Waals surface area contributed by atoms with Crippen LogP contribution in [-0.4, -0.2) is 36.7 Å². The van der Waals surface area contributed by atoms with Crippen LogP contribution < -0.4 is 4.57 Å². The van der Waals surface area contributed by atoms with E-state index in [1.807, 2.05) is 0 Å². The van der Waals surface area contributed by atoms with E-state index in [1.54, 1.807) is 0 Å². The molecular formula is C10H21N3+2. The van der Waals surface area contributed by atoms with Crippen LogP contribution in [0.15, 0.2) is 18.7 Å². The first-order valence-electron chi connectivity index (χ1n) is 4.79. The number of imidazole rings is 1. The fourth-order valence-electron chi connectivity index (χ4n) is 1.36. The summed E-state index contributed by atoms with van der Waals surface area (Å²) >= 11 is 0. The first-order chi connectivity index (χ1) is 5.97. The van der Waals surface area contributed by atoms with E-state index in [4.69, 9.17) is 0 Å². The van der Waals surface area contributed by atoms with Crippen LogP contribution in [-0.2, 0) is 13.6 Å². The van der Waals surface area contributed by atoms with Gasteiger partial charge in [-0.05, 0) is 0 Å². The lowest BCUT2D eigenvalue weighted by Gasteiger charge is -2.23. The highest BCUT2D eigenvalue weighted by Gasteiger charge is 2.07. The van der Waals surface area contributed by atoms with Crippen molar-refractivity contribution in [3.63, 3.8) is 0 Å². The van der Waals surface area contributed by atoms with E-state index in [1.165, 1.54) is 13.0 Å². The van der Waals surface area contributed by atoms with Gasteiger partial charge in [0.25, 0.3) is 0 Å². The van der Waals surface area contributed by atoms with Crippen LogP contribution in [0.2, 0.25) is 0 Å². The van der Waals surface area contributed by atoms with Crippen molar-refractivity contribution >= 4 is 0 Å². The van der Waals surface area contributed by atoms with E-state index < -0.39 is 0 Å². The van der Waals surface area contributed by atoms with Gasteiger partial charge >= 0.3 is 0 Å². The van der Waals surface area contributed by atoms with E-state index in [-0.39, 0.29) is 0 Å². The summed E-state index contributed by atoms with van der Waals surface area (Å²) in [5.74, 6) is 0. The molecule has 0 amide bonds. The van der Waals surface area contributed by atoms with E-state index >= 15 is 0 Å². The molecule has 74 valence electrons. The predicted molar refractivity (Wildman–Crippen MR) is 53.1 cm³/mol. The molecule has 0 aliphatic carbocycles. The number of hydrogen-bond donors (Lipinski definition) is 0. The van der Waals surface area contributed by atoms with Crippen LogP contribution in [0, 0.1) is 0 Å². The van der Waals surface area contributed by atoms with Crippen LogP contribution in [0.5, 0.6) is 0 Å². The molecule has 0 unspecified atom stereocenters. The molecule has 0 aliphatic rings. The Morgan fingerprint density at radius 1 is 1.31 bits per heavy atom. The van der Waals surface area contributed by atoms with Crippen molar-refractivity contribution in [3.05, 3.63) is 18.7 Å². The van der Waals surface area contributed by atoms with Gasteiger partial charge in [0, 0.05) is 6.42 Å². The van der Waals surface area contributed by atoms with Gasteiger partial charge in [-0.2, -0.15) is 0 Å². The van der Waals surface area contributed by atoms with Gasteiger partial charge in [0.05, 0.1) is 41.3 Å². The summed E-state index contributed by atoms with van der Waals surface area (Å²) in [7, 11) is 8.75. The first kappa shape index (κ1) is 10.3. The predicted octanol–water partition coefficient (Wildman–Crippen LogP) is 0.409. The third-order valence-electron chi connectivity index (χ3n) is 2.07. The van der Waals surface area contributed by atoms with Gasteiger partial charge in [-0.1, -0.05) is 0 Å². The number of hydrogen-bond acceptors (Lipinski definition) is 0. The molecule has 0 fully saturated rings. The van der Waals surface area contributed by atoms with Gasteiger partial charge in [-0.3, -0.25) is 0 Å². The number of rotatable bonds is 4. The molecule has 0 radical (unpaired) electrons. The fourth-order valence-corrected chi connectivity index (χ4v) is 1.36. The Kier molecular flexibility index (Phi) is 3.09. The highest BCUT2D eigenvalue weighted by molar-refractivity contribution is 4.65. The molecule has 1 aromatic rings. The standard InChI is InChI=1S/C10H21N3/c1-11-7-8-12(10-11)6-5-9-13(2,3)4/h7-8,10H,5-6,9H2,1-4H3/q+2. The van der Waals surface area contributed by atoms with Crippen LogP contribution in [0.25, 0.3) is 0 Å². The summed E-state index contributed by atoms with van der Waals surface area (Å²) in [6.07, 6.45) is 7.55. The Morgan fingerprint density at radius 3 is 2.46 bits per heavy atom. The molecule has 3 heteroatoms. The van der Waals surface area contributed by atoms with Gasteiger partial charge in [0.2, 0.25) is 6.33 Å². The zero-order valence-corrected chi connectivity index (χ0v) is 9.20. The topological polar surface area (TPSA) is 8.81 Å². The van der Waals surface area contributed by atoms with Crippen molar-refractivity contribution in [2.75, 3.05) is 27.7 Å². The van der Waals surface area contributed by atoms with Gasteiger partial charge in [0.1, 0.15) is 12.4 Å². The number of aromatic nitrogens is 2. The molecule has 3 nitrogen and oxygen atoms in total. The van der Waals surface area contributed by atoms with Crippen molar-refractivity contribution < 1.29 is 9.05 Å². The lowest BCUT2D eigenvalue weighted by molar-refractivity contribution is -0.870. The highest BCUT2D eigenvalue weighted by atomic mass is 15.3. The number of quaternary nitrogens is 1. The number of aryl methyl sites for hydroxylation is 2. The maximum absolute atomic E-state index is 2.23. The van der Waals surface area contributed by atoms with Crippen molar-refractivity contribution in [1.29, 1.82) is 0 Å². The van der Waals surface area contributed by atoms with Gasteiger partial charge < -0.3 is 4.48 Å². The maximum atomic E-state index is 2.23. The molecule has 0 bridgehead atoms. The Labute approximate surface area is 80.8 Å². The SMILES string of the molecule is C[n+]1ccn(CCC[N+](C)(C)C)c1.